The molecular weight excluding hydrogens is 384 g/mol. The molecular formula is C24H23ClN2O2. The van der Waals surface area contributed by atoms with E-state index >= 15 is 0 Å². The van der Waals surface area contributed by atoms with Gasteiger partial charge in [0, 0.05) is 22.1 Å². The summed E-state index contributed by atoms with van der Waals surface area (Å²) in [4.78, 5) is 11.3. The minimum absolute atomic E-state index is 0.0423. The van der Waals surface area contributed by atoms with E-state index in [0.29, 0.717) is 10.6 Å². The molecule has 5 heteroatoms. The zero-order valence-corrected chi connectivity index (χ0v) is 17.1. The van der Waals surface area contributed by atoms with Crippen molar-refractivity contribution in [1.29, 1.82) is 0 Å². The van der Waals surface area contributed by atoms with E-state index in [1.165, 1.54) is 0 Å². The van der Waals surface area contributed by atoms with E-state index in [1.54, 1.807) is 12.1 Å². The van der Waals surface area contributed by atoms with Gasteiger partial charge in [0.05, 0.1) is 11.6 Å². The summed E-state index contributed by atoms with van der Waals surface area (Å²) < 4.78 is 0. The van der Waals surface area contributed by atoms with Crippen LogP contribution in [0.4, 0.5) is 17.1 Å². The van der Waals surface area contributed by atoms with Crippen molar-refractivity contribution in [3.8, 4) is 0 Å². The fourth-order valence-electron chi connectivity index (χ4n) is 4.03. The van der Waals surface area contributed by atoms with Crippen molar-refractivity contribution in [2.45, 2.75) is 26.3 Å². The van der Waals surface area contributed by atoms with Crippen LogP contribution < -0.4 is 10.6 Å². The Hall–Kier alpha value is -2.98. The molecule has 1 atom stereocenters. The van der Waals surface area contributed by atoms with E-state index in [4.69, 9.17) is 11.6 Å². The number of para-hydroxylation sites is 1. The Labute approximate surface area is 175 Å². The van der Waals surface area contributed by atoms with Crippen LogP contribution in [0.25, 0.3) is 0 Å². The number of fused-ring (bicyclic) bond motifs is 1. The molecule has 0 saturated heterocycles. The molecule has 29 heavy (non-hydrogen) atoms. The largest absolute Gasteiger partial charge is 0.478 e. The molecule has 1 aliphatic heterocycles. The molecule has 4 rings (SSSR count). The maximum absolute atomic E-state index is 11.3. The van der Waals surface area contributed by atoms with Gasteiger partial charge in [-0.2, -0.15) is 0 Å². The molecule has 1 heterocycles. The van der Waals surface area contributed by atoms with E-state index in [0.717, 1.165) is 34.6 Å². The monoisotopic (exact) mass is 406 g/mol. The van der Waals surface area contributed by atoms with Gasteiger partial charge in [0.25, 0.3) is 0 Å². The lowest BCUT2D eigenvalue weighted by atomic mass is 9.72. The minimum atomic E-state index is -0.904. The summed E-state index contributed by atoms with van der Waals surface area (Å²) in [5.74, 6) is -0.904. The molecule has 148 valence electrons. The van der Waals surface area contributed by atoms with Crippen LogP contribution in [0, 0.1) is 5.41 Å². The van der Waals surface area contributed by atoms with Crippen molar-refractivity contribution in [2.24, 2.45) is 5.41 Å². The van der Waals surface area contributed by atoms with Crippen LogP contribution in [0.1, 0.15) is 41.4 Å². The molecule has 1 aliphatic rings. The number of carboxylic acid groups (broad SMARTS) is 1. The standard InChI is InChI=1S/C24H23ClN2O2/c1-24(2)14-17-10-15(23(28)29)8-9-21(17)27-22(24)16-11-18(25)13-20(12-16)26-19-6-4-3-5-7-19/h3-13,22,26-27H,14H2,1-2H3,(H,28,29). The highest BCUT2D eigenvalue weighted by atomic mass is 35.5. The second kappa shape index (κ2) is 7.45. The predicted molar refractivity (Wildman–Crippen MR) is 118 cm³/mol. The van der Waals surface area contributed by atoms with E-state index in [1.807, 2.05) is 48.5 Å². The zero-order chi connectivity index (χ0) is 20.6. The number of hydrogen-bond donors (Lipinski definition) is 3. The highest BCUT2D eigenvalue weighted by molar-refractivity contribution is 6.31. The van der Waals surface area contributed by atoms with Crippen LogP contribution in [0.5, 0.6) is 0 Å². The van der Waals surface area contributed by atoms with E-state index in [2.05, 4.69) is 30.5 Å². The number of benzene rings is 3. The fourth-order valence-corrected chi connectivity index (χ4v) is 4.27. The number of carbonyl (C=O) groups is 1. The Morgan fingerprint density at radius 1 is 1.07 bits per heavy atom. The molecule has 0 aromatic heterocycles. The Balaban J connectivity index is 1.68. The summed E-state index contributed by atoms with van der Waals surface area (Å²) in [5, 5.41) is 17.0. The normalized spacial score (nSPS) is 17.1. The molecule has 0 spiro atoms. The molecule has 0 saturated carbocycles. The maximum Gasteiger partial charge on any atom is 0.335 e. The van der Waals surface area contributed by atoms with Gasteiger partial charge in [-0.3, -0.25) is 0 Å². The molecule has 3 N–H and O–H groups in total. The highest BCUT2D eigenvalue weighted by Crippen LogP contribution is 2.46. The summed E-state index contributed by atoms with van der Waals surface area (Å²) in [6, 6.07) is 21.3. The lowest BCUT2D eigenvalue weighted by Crippen LogP contribution is -2.35. The van der Waals surface area contributed by atoms with Gasteiger partial charge in [0.15, 0.2) is 0 Å². The SMILES string of the molecule is CC1(C)Cc2cc(C(=O)O)ccc2NC1c1cc(Cl)cc(Nc2ccccc2)c1. The van der Waals surface area contributed by atoms with Crippen molar-refractivity contribution < 1.29 is 9.90 Å². The van der Waals surface area contributed by atoms with Crippen molar-refractivity contribution >= 4 is 34.6 Å². The first-order chi connectivity index (χ1) is 13.8. The second-order valence-corrected chi connectivity index (χ2v) is 8.62. The molecule has 0 aliphatic carbocycles. The van der Waals surface area contributed by atoms with Crippen molar-refractivity contribution in [3.63, 3.8) is 0 Å². The summed E-state index contributed by atoms with van der Waals surface area (Å²) in [5.41, 5.74) is 5.21. The maximum atomic E-state index is 11.3. The molecule has 0 bridgehead atoms. The van der Waals surface area contributed by atoms with Gasteiger partial charge in [-0.05, 0) is 71.5 Å². The summed E-state index contributed by atoms with van der Waals surface area (Å²) in [7, 11) is 0. The predicted octanol–water partition coefficient (Wildman–Crippen LogP) is 6.52. The number of carboxylic acids is 1. The van der Waals surface area contributed by atoms with Gasteiger partial charge in [0.2, 0.25) is 0 Å². The molecule has 3 aromatic carbocycles. The molecule has 0 radical (unpaired) electrons. The number of aromatic carboxylic acids is 1. The van der Waals surface area contributed by atoms with Crippen LogP contribution in [0.3, 0.4) is 0 Å². The number of rotatable bonds is 4. The fraction of sp³-hybridized carbons (Fsp3) is 0.208. The van der Waals surface area contributed by atoms with Gasteiger partial charge in [0.1, 0.15) is 0 Å². The summed E-state index contributed by atoms with van der Waals surface area (Å²) in [6.07, 6.45) is 0.773. The van der Waals surface area contributed by atoms with Crippen molar-refractivity contribution in [1.82, 2.24) is 0 Å². The third kappa shape index (κ3) is 4.08. The highest BCUT2D eigenvalue weighted by Gasteiger charge is 2.36. The van der Waals surface area contributed by atoms with Gasteiger partial charge in [-0.1, -0.05) is 43.6 Å². The molecule has 0 amide bonds. The first kappa shape index (κ1) is 19.3. The van der Waals surface area contributed by atoms with E-state index in [-0.39, 0.29) is 11.5 Å². The Bertz CT molecular complexity index is 1060. The number of anilines is 3. The molecule has 0 fully saturated rings. The van der Waals surface area contributed by atoms with Crippen molar-refractivity contribution in [2.75, 3.05) is 10.6 Å². The number of nitrogens with one attached hydrogen (secondary N) is 2. The lowest BCUT2D eigenvalue weighted by molar-refractivity contribution is 0.0696. The third-order valence-electron chi connectivity index (χ3n) is 5.40. The summed E-state index contributed by atoms with van der Waals surface area (Å²) in [6.45, 7) is 4.37. The van der Waals surface area contributed by atoms with Gasteiger partial charge in [-0.25, -0.2) is 4.79 Å². The summed E-state index contributed by atoms with van der Waals surface area (Å²) >= 11 is 6.45. The molecule has 3 aromatic rings. The topological polar surface area (TPSA) is 61.4 Å². The van der Waals surface area contributed by atoms with E-state index < -0.39 is 5.97 Å². The zero-order valence-electron chi connectivity index (χ0n) is 16.4. The van der Waals surface area contributed by atoms with Gasteiger partial charge >= 0.3 is 5.97 Å². The number of hydrogen-bond acceptors (Lipinski definition) is 3. The van der Waals surface area contributed by atoms with Crippen LogP contribution in [0.15, 0.2) is 66.7 Å². The lowest BCUT2D eigenvalue weighted by Gasteiger charge is -2.41. The minimum Gasteiger partial charge on any atom is -0.478 e. The van der Waals surface area contributed by atoms with Crippen LogP contribution in [-0.2, 0) is 6.42 Å². The first-order valence-electron chi connectivity index (χ1n) is 9.57. The molecule has 1 unspecified atom stereocenters. The molecule has 4 nitrogen and oxygen atoms in total. The quantitative estimate of drug-likeness (QED) is 0.461. The Morgan fingerprint density at radius 3 is 2.55 bits per heavy atom. The van der Waals surface area contributed by atoms with E-state index in [9.17, 15) is 9.90 Å². The van der Waals surface area contributed by atoms with Crippen LogP contribution in [0.2, 0.25) is 5.02 Å². The average molecular weight is 407 g/mol. The Morgan fingerprint density at radius 2 is 1.83 bits per heavy atom. The number of halogens is 1. The smallest absolute Gasteiger partial charge is 0.335 e. The van der Waals surface area contributed by atoms with Gasteiger partial charge < -0.3 is 15.7 Å². The average Bonchev–Trinajstić information content (AvgIpc) is 2.66. The first-order valence-corrected chi connectivity index (χ1v) is 9.95. The van der Waals surface area contributed by atoms with Crippen LogP contribution in [-0.4, -0.2) is 11.1 Å². The van der Waals surface area contributed by atoms with Crippen molar-refractivity contribution in [3.05, 3.63) is 88.4 Å². The van der Waals surface area contributed by atoms with Gasteiger partial charge in [-0.15, -0.1) is 0 Å². The Kier molecular flexibility index (Phi) is 4.97. The second-order valence-electron chi connectivity index (χ2n) is 8.18. The van der Waals surface area contributed by atoms with Crippen LogP contribution >= 0.6 is 11.6 Å². The third-order valence-corrected chi connectivity index (χ3v) is 5.61.